The lowest BCUT2D eigenvalue weighted by Gasteiger charge is -2.35. The van der Waals surface area contributed by atoms with Gasteiger partial charge in [0.05, 0.1) is 0 Å². The normalized spacial score (nSPS) is 17.5. The average Bonchev–Trinajstić information content (AvgIpc) is 2.61. The number of benzene rings is 2. The van der Waals surface area contributed by atoms with Crippen molar-refractivity contribution in [1.29, 1.82) is 0 Å². The second-order valence-corrected chi connectivity index (χ2v) is 6.96. The molecule has 130 valence electrons. The second-order valence-electron chi connectivity index (χ2n) is 6.52. The number of hydrogen-bond donors (Lipinski definition) is 1. The Morgan fingerprint density at radius 1 is 1.12 bits per heavy atom. The molecule has 1 atom stereocenters. The number of carbonyl (C=O) groups is 2. The van der Waals surface area contributed by atoms with Gasteiger partial charge in [0.15, 0.2) is 0 Å². The van der Waals surface area contributed by atoms with Gasteiger partial charge in [-0.05, 0) is 41.3 Å². The molecule has 3 rings (SSSR count). The van der Waals surface area contributed by atoms with Crippen molar-refractivity contribution in [3.8, 4) is 0 Å². The van der Waals surface area contributed by atoms with Crippen molar-refractivity contribution >= 4 is 23.4 Å². The predicted molar refractivity (Wildman–Crippen MR) is 98.8 cm³/mol. The van der Waals surface area contributed by atoms with Crippen molar-refractivity contribution in [2.24, 2.45) is 0 Å². The van der Waals surface area contributed by atoms with Gasteiger partial charge in [0, 0.05) is 23.7 Å². The van der Waals surface area contributed by atoms with E-state index in [1.54, 1.807) is 29.2 Å². The van der Waals surface area contributed by atoms with Crippen LogP contribution >= 0.6 is 11.6 Å². The summed E-state index contributed by atoms with van der Waals surface area (Å²) in [6.45, 7) is 5.18. The first-order valence-corrected chi connectivity index (χ1v) is 8.79. The number of amides is 2. The smallest absolute Gasteiger partial charge is 0.254 e. The predicted octanol–water partition coefficient (Wildman–Crippen LogP) is 3.78. The molecule has 2 amide bonds. The van der Waals surface area contributed by atoms with Gasteiger partial charge in [0.2, 0.25) is 5.91 Å². The first kappa shape index (κ1) is 17.5. The monoisotopic (exact) mass is 356 g/mol. The molecule has 2 aromatic rings. The highest BCUT2D eigenvalue weighted by Gasteiger charge is 2.34. The Balaban J connectivity index is 1.92. The van der Waals surface area contributed by atoms with E-state index < -0.39 is 6.04 Å². The van der Waals surface area contributed by atoms with Gasteiger partial charge in [-0.25, -0.2) is 0 Å². The standard InChI is InChI=1S/C20H21ClN2O2/c1-13(2)14-3-5-15(6-4-14)18-19(24)22-11-12-23(18)20(25)16-7-9-17(21)10-8-16/h3-10,13,18H,11-12H2,1-2H3,(H,22,24). The second kappa shape index (κ2) is 7.28. The van der Waals surface area contributed by atoms with Crippen LogP contribution in [0.3, 0.4) is 0 Å². The maximum atomic E-state index is 12.9. The van der Waals surface area contributed by atoms with Crippen LogP contribution in [0, 0.1) is 0 Å². The van der Waals surface area contributed by atoms with E-state index in [2.05, 4.69) is 19.2 Å². The summed E-state index contributed by atoms with van der Waals surface area (Å²) in [4.78, 5) is 27.0. The van der Waals surface area contributed by atoms with Crippen molar-refractivity contribution in [2.75, 3.05) is 13.1 Å². The molecule has 0 spiro atoms. The van der Waals surface area contributed by atoms with Crippen LogP contribution in [0.15, 0.2) is 48.5 Å². The minimum atomic E-state index is -0.613. The Morgan fingerprint density at radius 2 is 1.76 bits per heavy atom. The maximum absolute atomic E-state index is 12.9. The van der Waals surface area contributed by atoms with Gasteiger partial charge in [-0.2, -0.15) is 0 Å². The number of hydrogen-bond acceptors (Lipinski definition) is 2. The number of carbonyl (C=O) groups excluding carboxylic acids is 2. The SMILES string of the molecule is CC(C)c1ccc(C2C(=O)NCCN2C(=O)c2ccc(Cl)cc2)cc1. The summed E-state index contributed by atoms with van der Waals surface area (Å²) in [5, 5.41) is 3.44. The summed E-state index contributed by atoms with van der Waals surface area (Å²) in [5.41, 5.74) is 2.56. The lowest BCUT2D eigenvalue weighted by Crippen LogP contribution is -2.52. The summed E-state index contributed by atoms with van der Waals surface area (Å²) in [6.07, 6.45) is 0. The number of piperazine rings is 1. The lowest BCUT2D eigenvalue weighted by atomic mass is 9.96. The highest BCUT2D eigenvalue weighted by Crippen LogP contribution is 2.27. The highest BCUT2D eigenvalue weighted by atomic mass is 35.5. The van der Waals surface area contributed by atoms with E-state index in [-0.39, 0.29) is 11.8 Å². The molecule has 1 aliphatic rings. The van der Waals surface area contributed by atoms with Gasteiger partial charge < -0.3 is 10.2 Å². The molecule has 0 bridgehead atoms. The summed E-state index contributed by atoms with van der Waals surface area (Å²) in [7, 11) is 0. The minimum absolute atomic E-state index is 0.147. The average molecular weight is 357 g/mol. The van der Waals surface area contributed by atoms with E-state index in [0.29, 0.717) is 29.6 Å². The zero-order valence-corrected chi connectivity index (χ0v) is 15.1. The lowest BCUT2D eigenvalue weighted by molar-refractivity contribution is -0.128. The van der Waals surface area contributed by atoms with Gasteiger partial charge in [-0.1, -0.05) is 49.7 Å². The minimum Gasteiger partial charge on any atom is -0.352 e. The zero-order chi connectivity index (χ0) is 18.0. The Bertz CT molecular complexity index is 769. The summed E-state index contributed by atoms with van der Waals surface area (Å²) in [6, 6.07) is 14.1. The fourth-order valence-corrected chi connectivity index (χ4v) is 3.16. The Morgan fingerprint density at radius 3 is 2.36 bits per heavy atom. The Kier molecular flexibility index (Phi) is 5.09. The Hall–Kier alpha value is -2.33. The van der Waals surface area contributed by atoms with Crippen LogP contribution in [0.5, 0.6) is 0 Å². The van der Waals surface area contributed by atoms with Crippen LogP contribution in [0.4, 0.5) is 0 Å². The van der Waals surface area contributed by atoms with Gasteiger partial charge in [-0.15, -0.1) is 0 Å². The van der Waals surface area contributed by atoms with Gasteiger partial charge >= 0.3 is 0 Å². The molecule has 1 saturated heterocycles. The number of rotatable bonds is 3. The van der Waals surface area contributed by atoms with Crippen LogP contribution in [0.25, 0.3) is 0 Å². The van der Waals surface area contributed by atoms with E-state index >= 15 is 0 Å². The molecule has 0 saturated carbocycles. The first-order valence-electron chi connectivity index (χ1n) is 8.41. The van der Waals surface area contributed by atoms with Crippen LogP contribution in [0.2, 0.25) is 5.02 Å². The third-order valence-electron chi connectivity index (χ3n) is 4.48. The molecule has 1 aliphatic heterocycles. The van der Waals surface area contributed by atoms with Gasteiger partial charge in [-0.3, -0.25) is 9.59 Å². The van der Waals surface area contributed by atoms with Crippen molar-refractivity contribution in [3.05, 3.63) is 70.2 Å². The fourth-order valence-electron chi connectivity index (χ4n) is 3.04. The largest absolute Gasteiger partial charge is 0.352 e. The molecule has 1 heterocycles. The maximum Gasteiger partial charge on any atom is 0.254 e. The van der Waals surface area contributed by atoms with Crippen molar-refractivity contribution in [1.82, 2.24) is 10.2 Å². The summed E-state index contributed by atoms with van der Waals surface area (Å²) >= 11 is 5.90. The zero-order valence-electron chi connectivity index (χ0n) is 14.3. The van der Waals surface area contributed by atoms with E-state index in [1.165, 1.54) is 5.56 Å². The molecule has 0 radical (unpaired) electrons. The van der Waals surface area contributed by atoms with Crippen molar-refractivity contribution in [3.63, 3.8) is 0 Å². The molecule has 25 heavy (non-hydrogen) atoms. The van der Waals surface area contributed by atoms with E-state index in [0.717, 1.165) is 5.56 Å². The number of nitrogens with one attached hydrogen (secondary N) is 1. The molecular formula is C20H21ClN2O2. The van der Waals surface area contributed by atoms with Crippen LogP contribution in [0.1, 0.15) is 47.3 Å². The number of nitrogens with zero attached hydrogens (tertiary/aromatic N) is 1. The quantitative estimate of drug-likeness (QED) is 0.909. The molecule has 1 unspecified atom stereocenters. The molecule has 0 aromatic heterocycles. The fraction of sp³-hybridized carbons (Fsp3) is 0.300. The molecule has 4 nitrogen and oxygen atoms in total. The first-order chi connectivity index (χ1) is 12.0. The molecule has 0 aliphatic carbocycles. The highest BCUT2D eigenvalue weighted by molar-refractivity contribution is 6.30. The Labute approximate surface area is 152 Å². The summed E-state index contributed by atoms with van der Waals surface area (Å²) < 4.78 is 0. The molecule has 5 heteroatoms. The topological polar surface area (TPSA) is 49.4 Å². The number of halogens is 1. The molecule has 2 aromatic carbocycles. The van der Waals surface area contributed by atoms with Crippen LogP contribution in [-0.4, -0.2) is 29.8 Å². The van der Waals surface area contributed by atoms with Crippen molar-refractivity contribution < 1.29 is 9.59 Å². The van der Waals surface area contributed by atoms with E-state index in [9.17, 15) is 9.59 Å². The molecule has 1 N–H and O–H groups in total. The molecule has 1 fully saturated rings. The van der Waals surface area contributed by atoms with Crippen LogP contribution in [-0.2, 0) is 4.79 Å². The van der Waals surface area contributed by atoms with E-state index in [1.807, 2.05) is 24.3 Å². The van der Waals surface area contributed by atoms with Crippen molar-refractivity contribution in [2.45, 2.75) is 25.8 Å². The van der Waals surface area contributed by atoms with Gasteiger partial charge in [0.25, 0.3) is 5.91 Å². The third kappa shape index (κ3) is 3.69. The molecular weight excluding hydrogens is 336 g/mol. The third-order valence-corrected chi connectivity index (χ3v) is 4.73. The van der Waals surface area contributed by atoms with Crippen LogP contribution < -0.4 is 5.32 Å². The van der Waals surface area contributed by atoms with E-state index in [4.69, 9.17) is 11.6 Å². The summed E-state index contributed by atoms with van der Waals surface area (Å²) in [5.74, 6) is 0.108. The van der Waals surface area contributed by atoms with Gasteiger partial charge in [0.1, 0.15) is 6.04 Å².